The Balaban J connectivity index is 1.36. The van der Waals surface area contributed by atoms with Crippen LogP contribution in [-0.2, 0) is 16.0 Å². The molecule has 4 rings (SSSR count). The number of alkyl carbamates (subject to hydrolysis) is 1. The zero-order valence-electron chi connectivity index (χ0n) is 23.7. The summed E-state index contributed by atoms with van der Waals surface area (Å²) in [5, 5.41) is 33.0. The first-order chi connectivity index (χ1) is 18.9. The van der Waals surface area contributed by atoms with E-state index in [1.807, 2.05) is 38.1 Å². The van der Waals surface area contributed by atoms with E-state index in [1.54, 1.807) is 11.0 Å². The van der Waals surface area contributed by atoms with Crippen LogP contribution in [0.2, 0.25) is 0 Å². The number of benzene rings is 1. The second kappa shape index (κ2) is 12.0. The SMILES string of the molecule is CC1(C)CCN(C(C)(C)C=C(C#N)C(=O)N2CCCC(OC(=O)N[C@@H](Cc3coc4ccccc34)B(O)O)C2)C1. The van der Waals surface area contributed by atoms with Crippen molar-refractivity contribution in [1.82, 2.24) is 15.1 Å². The number of piperidine rings is 1. The number of carbonyl (C=O) groups excluding carboxylic acids is 2. The minimum Gasteiger partial charge on any atom is -0.464 e. The van der Waals surface area contributed by atoms with Crippen molar-refractivity contribution in [2.24, 2.45) is 5.41 Å². The van der Waals surface area contributed by atoms with Crippen molar-refractivity contribution in [3.63, 3.8) is 0 Å². The van der Waals surface area contributed by atoms with Gasteiger partial charge in [-0.05, 0) is 69.2 Å². The zero-order valence-corrected chi connectivity index (χ0v) is 23.7. The van der Waals surface area contributed by atoms with E-state index >= 15 is 0 Å². The van der Waals surface area contributed by atoms with Gasteiger partial charge in [0, 0.05) is 24.0 Å². The topological polar surface area (TPSA) is 139 Å². The molecule has 214 valence electrons. The van der Waals surface area contributed by atoms with E-state index in [1.165, 1.54) is 6.26 Å². The molecule has 3 N–H and O–H groups in total. The van der Waals surface area contributed by atoms with E-state index in [2.05, 4.69) is 30.1 Å². The van der Waals surface area contributed by atoms with Crippen LogP contribution in [0.3, 0.4) is 0 Å². The normalized spacial score (nSPS) is 20.7. The first-order valence-electron chi connectivity index (χ1n) is 13.8. The van der Waals surface area contributed by atoms with Gasteiger partial charge in [-0.15, -0.1) is 0 Å². The summed E-state index contributed by atoms with van der Waals surface area (Å²) in [5.74, 6) is -1.40. The highest BCUT2D eigenvalue weighted by atomic mass is 16.6. The lowest BCUT2D eigenvalue weighted by Crippen LogP contribution is -2.50. The lowest BCUT2D eigenvalue weighted by atomic mass is 9.76. The predicted octanol–water partition coefficient (Wildman–Crippen LogP) is 3.03. The van der Waals surface area contributed by atoms with Crippen molar-refractivity contribution in [3.05, 3.63) is 47.7 Å². The lowest BCUT2D eigenvalue weighted by molar-refractivity contribution is -0.129. The first-order valence-corrected chi connectivity index (χ1v) is 13.8. The van der Waals surface area contributed by atoms with Crippen molar-refractivity contribution in [1.29, 1.82) is 5.26 Å². The Morgan fingerprint density at radius 3 is 2.75 bits per heavy atom. The molecule has 1 aromatic heterocycles. The molecule has 40 heavy (non-hydrogen) atoms. The molecule has 2 fully saturated rings. The number of hydrogen-bond donors (Lipinski definition) is 3. The summed E-state index contributed by atoms with van der Waals surface area (Å²) in [6.07, 6.45) is 4.23. The summed E-state index contributed by atoms with van der Waals surface area (Å²) in [6, 6.07) is 9.44. The van der Waals surface area contributed by atoms with Crippen molar-refractivity contribution >= 4 is 30.1 Å². The van der Waals surface area contributed by atoms with Crippen LogP contribution in [0.1, 0.15) is 52.5 Å². The molecule has 0 saturated carbocycles. The van der Waals surface area contributed by atoms with Gasteiger partial charge in [-0.3, -0.25) is 9.69 Å². The Kier molecular flexibility index (Phi) is 8.93. The average Bonchev–Trinajstić information content (AvgIpc) is 3.49. The quantitative estimate of drug-likeness (QED) is 0.259. The fraction of sp³-hybridized carbons (Fsp3) is 0.552. The van der Waals surface area contributed by atoms with Gasteiger partial charge in [0.15, 0.2) is 0 Å². The summed E-state index contributed by atoms with van der Waals surface area (Å²) in [6.45, 7) is 10.9. The Labute approximate surface area is 235 Å². The van der Waals surface area contributed by atoms with Crippen molar-refractivity contribution in [3.8, 4) is 6.07 Å². The van der Waals surface area contributed by atoms with E-state index in [0.717, 1.165) is 30.5 Å². The summed E-state index contributed by atoms with van der Waals surface area (Å²) in [7, 11) is -1.82. The van der Waals surface area contributed by atoms with Gasteiger partial charge in [-0.2, -0.15) is 5.26 Å². The van der Waals surface area contributed by atoms with Gasteiger partial charge in [0.05, 0.1) is 18.7 Å². The summed E-state index contributed by atoms with van der Waals surface area (Å²) in [5.41, 5.74) is 1.20. The minimum absolute atomic E-state index is 0.0793. The molecular weight excluding hydrogens is 511 g/mol. The molecule has 1 unspecified atom stereocenters. The number of nitrogens with one attached hydrogen (secondary N) is 1. The molecular formula is C29H39BN4O6. The second-order valence-electron chi connectivity index (χ2n) is 12.2. The van der Waals surface area contributed by atoms with Gasteiger partial charge < -0.3 is 29.4 Å². The third-order valence-corrected chi connectivity index (χ3v) is 7.94. The average molecular weight is 550 g/mol. The maximum absolute atomic E-state index is 13.3. The standard InChI is InChI=1S/C29H39BN4O6/c1-28(2)11-13-34(19-28)29(3,4)15-21(16-31)26(35)33-12-7-8-22(17-33)40-27(36)32-25(30(37)38)14-20-18-39-24-10-6-5-9-23(20)24/h5-6,9-10,15,18,22,25,37-38H,7-8,11-14,17,19H2,1-4H3,(H,32,36)/t22?,25-/m0/s1. The smallest absolute Gasteiger partial charge is 0.464 e. The Hall–Kier alpha value is -3.33. The number of likely N-dealkylation sites (tertiary alicyclic amines) is 2. The zero-order chi connectivity index (χ0) is 29.1. The molecule has 2 saturated heterocycles. The number of hydrogen-bond acceptors (Lipinski definition) is 8. The number of carbonyl (C=O) groups is 2. The molecule has 2 amide bonds. The largest absolute Gasteiger partial charge is 0.475 e. The fourth-order valence-electron chi connectivity index (χ4n) is 5.58. The van der Waals surface area contributed by atoms with Gasteiger partial charge in [0.1, 0.15) is 23.3 Å². The molecule has 2 aromatic rings. The van der Waals surface area contributed by atoms with Crippen LogP contribution in [0.15, 0.2) is 46.6 Å². The first kappa shape index (κ1) is 29.7. The predicted molar refractivity (Wildman–Crippen MR) is 151 cm³/mol. The Bertz CT molecular complexity index is 1300. The van der Waals surface area contributed by atoms with Crippen molar-refractivity contribution in [2.45, 2.75) is 71.0 Å². The van der Waals surface area contributed by atoms with Crippen LogP contribution in [0.4, 0.5) is 4.79 Å². The van der Waals surface area contributed by atoms with E-state index in [0.29, 0.717) is 25.0 Å². The van der Waals surface area contributed by atoms with Crippen LogP contribution < -0.4 is 5.32 Å². The molecule has 2 aliphatic heterocycles. The van der Waals surface area contributed by atoms with Gasteiger partial charge >= 0.3 is 13.2 Å². The number of rotatable bonds is 8. The Morgan fingerprint density at radius 2 is 2.08 bits per heavy atom. The maximum atomic E-state index is 13.3. The highest BCUT2D eigenvalue weighted by molar-refractivity contribution is 6.43. The molecule has 0 aliphatic carbocycles. The minimum atomic E-state index is -1.82. The number of amides is 2. The molecule has 0 bridgehead atoms. The summed E-state index contributed by atoms with van der Waals surface area (Å²) in [4.78, 5) is 29.9. The van der Waals surface area contributed by atoms with E-state index < -0.39 is 30.8 Å². The Morgan fingerprint density at radius 1 is 1.32 bits per heavy atom. The van der Waals surface area contributed by atoms with Crippen LogP contribution in [0, 0.1) is 16.7 Å². The number of fused-ring (bicyclic) bond motifs is 1. The molecule has 3 heterocycles. The highest BCUT2D eigenvalue weighted by Gasteiger charge is 2.38. The third-order valence-electron chi connectivity index (χ3n) is 7.94. The summed E-state index contributed by atoms with van der Waals surface area (Å²) >= 11 is 0. The number of furan rings is 1. The van der Waals surface area contributed by atoms with E-state index in [9.17, 15) is 24.9 Å². The fourth-order valence-corrected chi connectivity index (χ4v) is 5.58. The van der Waals surface area contributed by atoms with Gasteiger partial charge in [-0.1, -0.05) is 32.0 Å². The molecule has 2 aliphatic rings. The summed E-state index contributed by atoms with van der Waals surface area (Å²) < 4.78 is 11.1. The maximum Gasteiger partial charge on any atom is 0.475 e. The van der Waals surface area contributed by atoms with Crippen molar-refractivity contribution < 1.29 is 28.8 Å². The number of nitrogens with zero attached hydrogens (tertiary/aromatic N) is 3. The van der Waals surface area contributed by atoms with Crippen LogP contribution in [0.5, 0.6) is 0 Å². The van der Waals surface area contributed by atoms with E-state index in [4.69, 9.17) is 9.15 Å². The molecule has 0 spiro atoms. The highest BCUT2D eigenvalue weighted by Crippen LogP contribution is 2.34. The number of nitriles is 1. The van der Waals surface area contributed by atoms with E-state index in [-0.39, 0.29) is 29.9 Å². The molecule has 1 aromatic carbocycles. The van der Waals surface area contributed by atoms with Crippen LogP contribution in [-0.4, -0.2) is 82.7 Å². The lowest BCUT2D eigenvalue weighted by Gasteiger charge is -2.35. The number of ether oxygens (including phenoxy) is 1. The van der Waals surface area contributed by atoms with Gasteiger partial charge in [0.25, 0.3) is 5.91 Å². The van der Waals surface area contributed by atoms with Crippen LogP contribution >= 0.6 is 0 Å². The molecule has 2 atom stereocenters. The monoisotopic (exact) mass is 550 g/mol. The second-order valence-corrected chi connectivity index (χ2v) is 12.2. The molecule has 10 nitrogen and oxygen atoms in total. The van der Waals surface area contributed by atoms with Crippen molar-refractivity contribution in [2.75, 3.05) is 26.2 Å². The molecule has 0 radical (unpaired) electrons. The number of para-hydroxylation sites is 1. The third kappa shape index (κ3) is 7.05. The van der Waals surface area contributed by atoms with Gasteiger partial charge in [-0.25, -0.2) is 4.79 Å². The van der Waals surface area contributed by atoms with Crippen LogP contribution in [0.25, 0.3) is 11.0 Å². The van der Waals surface area contributed by atoms with Gasteiger partial charge in [0.2, 0.25) is 0 Å². The molecule has 11 heteroatoms.